The summed E-state index contributed by atoms with van der Waals surface area (Å²) in [6.45, 7) is 5.11. The standard InChI is InChI=1S/C19H24BrN3O2S.HI/c1-13-10-17(20)7-6-16(13)12-23-19(21-3)22-11-15-5-8-18(14(2)9-15)26(4,24)25;/h5-10H,11-12H2,1-4H3,(H2,21,22,23);1H. The first-order valence-electron chi connectivity index (χ1n) is 8.20. The van der Waals surface area contributed by atoms with E-state index in [0.717, 1.165) is 15.6 Å². The Morgan fingerprint density at radius 3 is 2.26 bits per heavy atom. The monoisotopic (exact) mass is 565 g/mol. The largest absolute Gasteiger partial charge is 0.352 e. The first kappa shape index (κ1) is 23.9. The van der Waals surface area contributed by atoms with Crippen molar-refractivity contribution in [1.29, 1.82) is 0 Å². The van der Waals surface area contributed by atoms with Gasteiger partial charge < -0.3 is 10.6 Å². The number of aliphatic imine (C=N–C) groups is 1. The molecule has 0 unspecified atom stereocenters. The van der Waals surface area contributed by atoms with Crippen molar-refractivity contribution in [3.8, 4) is 0 Å². The number of hydrogen-bond donors (Lipinski definition) is 2. The molecule has 0 aromatic heterocycles. The Labute approximate surface area is 187 Å². The summed E-state index contributed by atoms with van der Waals surface area (Å²) >= 11 is 3.47. The summed E-state index contributed by atoms with van der Waals surface area (Å²) in [6, 6.07) is 11.5. The molecular formula is C19H25BrIN3O2S. The van der Waals surface area contributed by atoms with Gasteiger partial charge in [0, 0.05) is 30.9 Å². The number of nitrogens with one attached hydrogen (secondary N) is 2. The van der Waals surface area contributed by atoms with E-state index in [1.807, 2.05) is 25.1 Å². The first-order chi connectivity index (χ1) is 12.2. The number of rotatable bonds is 5. The van der Waals surface area contributed by atoms with Crippen molar-refractivity contribution in [3.63, 3.8) is 0 Å². The first-order valence-corrected chi connectivity index (χ1v) is 10.9. The van der Waals surface area contributed by atoms with E-state index < -0.39 is 9.84 Å². The maximum absolute atomic E-state index is 11.7. The molecule has 2 aromatic carbocycles. The van der Waals surface area contributed by atoms with Crippen molar-refractivity contribution in [2.45, 2.75) is 31.8 Å². The number of sulfone groups is 1. The second-order valence-electron chi connectivity index (χ2n) is 6.22. The highest BCUT2D eigenvalue weighted by Crippen LogP contribution is 2.17. The second-order valence-corrected chi connectivity index (χ2v) is 9.12. The summed E-state index contributed by atoms with van der Waals surface area (Å²) in [5.74, 6) is 0.692. The zero-order chi connectivity index (χ0) is 19.3. The molecule has 0 bridgehead atoms. The molecule has 0 aliphatic carbocycles. The van der Waals surface area contributed by atoms with Crippen LogP contribution in [0, 0.1) is 13.8 Å². The predicted octanol–water partition coefficient (Wildman–Crippen LogP) is 3.95. The predicted molar refractivity (Wildman–Crippen MR) is 126 cm³/mol. The third-order valence-electron chi connectivity index (χ3n) is 4.07. The number of aryl methyl sites for hydroxylation is 2. The second kappa shape index (κ2) is 10.4. The van der Waals surface area contributed by atoms with Crippen LogP contribution in [0.25, 0.3) is 0 Å². The molecule has 0 aliphatic heterocycles. The quantitative estimate of drug-likeness (QED) is 0.327. The Morgan fingerprint density at radius 1 is 1.04 bits per heavy atom. The number of benzene rings is 2. The van der Waals surface area contributed by atoms with Crippen LogP contribution in [0.2, 0.25) is 0 Å². The summed E-state index contributed by atoms with van der Waals surface area (Å²) in [5.41, 5.74) is 4.15. The van der Waals surface area contributed by atoms with E-state index in [2.05, 4.69) is 50.6 Å². The van der Waals surface area contributed by atoms with Crippen LogP contribution >= 0.6 is 39.9 Å². The fraction of sp³-hybridized carbons (Fsp3) is 0.316. The lowest BCUT2D eigenvalue weighted by Crippen LogP contribution is -2.36. The van der Waals surface area contributed by atoms with Crippen LogP contribution in [0.5, 0.6) is 0 Å². The molecule has 2 aromatic rings. The van der Waals surface area contributed by atoms with Gasteiger partial charge in [0.05, 0.1) is 4.90 Å². The van der Waals surface area contributed by atoms with Crippen molar-refractivity contribution in [3.05, 3.63) is 63.1 Å². The van der Waals surface area contributed by atoms with Gasteiger partial charge in [0.25, 0.3) is 0 Å². The maximum atomic E-state index is 11.7. The van der Waals surface area contributed by atoms with E-state index in [-0.39, 0.29) is 24.0 Å². The third kappa shape index (κ3) is 7.08. The lowest BCUT2D eigenvalue weighted by Gasteiger charge is -2.14. The fourth-order valence-corrected chi connectivity index (χ4v) is 4.12. The van der Waals surface area contributed by atoms with Crippen LogP contribution in [0.4, 0.5) is 0 Å². The van der Waals surface area contributed by atoms with E-state index in [0.29, 0.717) is 23.9 Å². The molecule has 5 nitrogen and oxygen atoms in total. The zero-order valence-corrected chi connectivity index (χ0v) is 20.6. The van der Waals surface area contributed by atoms with Gasteiger partial charge in [0.1, 0.15) is 0 Å². The van der Waals surface area contributed by atoms with Crippen molar-refractivity contribution < 1.29 is 8.42 Å². The van der Waals surface area contributed by atoms with Crippen LogP contribution in [0.1, 0.15) is 22.3 Å². The van der Waals surface area contributed by atoms with Crippen LogP contribution in [-0.2, 0) is 22.9 Å². The molecule has 0 fully saturated rings. The van der Waals surface area contributed by atoms with Gasteiger partial charge in [0.2, 0.25) is 0 Å². The summed E-state index contributed by atoms with van der Waals surface area (Å²) in [6.07, 6.45) is 1.23. The highest BCUT2D eigenvalue weighted by molar-refractivity contribution is 14.0. The normalized spacial score (nSPS) is 11.7. The Bertz CT molecular complexity index is 931. The molecule has 27 heavy (non-hydrogen) atoms. The molecule has 2 N–H and O–H groups in total. The van der Waals surface area contributed by atoms with Crippen LogP contribution < -0.4 is 10.6 Å². The van der Waals surface area contributed by atoms with E-state index in [1.165, 1.54) is 17.4 Å². The lowest BCUT2D eigenvalue weighted by molar-refractivity contribution is 0.601. The van der Waals surface area contributed by atoms with Gasteiger partial charge in [-0.25, -0.2) is 8.42 Å². The molecular weight excluding hydrogens is 541 g/mol. The Hall–Kier alpha value is -1.13. The summed E-state index contributed by atoms with van der Waals surface area (Å²) in [7, 11) is -1.47. The van der Waals surface area contributed by atoms with E-state index in [1.54, 1.807) is 13.1 Å². The van der Waals surface area contributed by atoms with Crippen LogP contribution in [0.15, 0.2) is 50.8 Å². The minimum atomic E-state index is -3.19. The highest BCUT2D eigenvalue weighted by Gasteiger charge is 2.11. The Kier molecular flexibility index (Phi) is 9.23. The van der Waals surface area contributed by atoms with E-state index in [9.17, 15) is 8.42 Å². The molecule has 0 spiro atoms. The maximum Gasteiger partial charge on any atom is 0.191 e. The minimum Gasteiger partial charge on any atom is -0.352 e. The zero-order valence-electron chi connectivity index (χ0n) is 15.8. The van der Waals surface area contributed by atoms with Crippen LogP contribution in [-0.4, -0.2) is 27.7 Å². The van der Waals surface area contributed by atoms with Gasteiger partial charge in [-0.15, -0.1) is 24.0 Å². The molecule has 148 valence electrons. The van der Waals surface area contributed by atoms with Crippen molar-refractivity contribution in [2.24, 2.45) is 4.99 Å². The van der Waals surface area contributed by atoms with E-state index >= 15 is 0 Å². The van der Waals surface area contributed by atoms with Crippen molar-refractivity contribution >= 4 is 55.7 Å². The highest BCUT2D eigenvalue weighted by atomic mass is 127. The third-order valence-corrected chi connectivity index (χ3v) is 5.82. The number of nitrogens with zero attached hydrogens (tertiary/aromatic N) is 1. The molecule has 0 saturated heterocycles. The van der Waals surface area contributed by atoms with Crippen LogP contribution in [0.3, 0.4) is 0 Å². The van der Waals surface area contributed by atoms with Gasteiger partial charge >= 0.3 is 0 Å². The molecule has 8 heteroatoms. The van der Waals surface area contributed by atoms with Crippen molar-refractivity contribution in [1.82, 2.24) is 10.6 Å². The molecule has 0 aliphatic rings. The summed E-state index contributed by atoms with van der Waals surface area (Å²) < 4.78 is 24.5. The number of halogens is 2. The van der Waals surface area contributed by atoms with Gasteiger partial charge in [-0.1, -0.05) is 34.1 Å². The van der Waals surface area contributed by atoms with Gasteiger partial charge in [-0.3, -0.25) is 4.99 Å². The van der Waals surface area contributed by atoms with Gasteiger partial charge in [-0.05, 0) is 54.3 Å². The van der Waals surface area contributed by atoms with Gasteiger partial charge in [0.15, 0.2) is 15.8 Å². The number of guanidine groups is 1. The Balaban J connectivity index is 0.00000364. The average molecular weight is 566 g/mol. The number of hydrogen-bond acceptors (Lipinski definition) is 3. The summed E-state index contributed by atoms with van der Waals surface area (Å²) in [4.78, 5) is 4.60. The lowest BCUT2D eigenvalue weighted by atomic mass is 10.1. The van der Waals surface area contributed by atoms with Crippen molar-refractivity contribution in [2.75, 3.05) is 13.3 Å². The SMILES string of the molecule is CN=C(NCc1ccc(S(C)(=O)=O)c(C)c1)NCc1ccc(Br)cc1C.I. The molecule has 0 saturated carbocycles. The average Bonchev–Trinajstić information content (AvgIpc) is 2.55. The van der Waals surface area contributed by atoms with Gasteiger partial charge in [-0.2, -0.15) is 0 Å². The smallest absolute Gasteiger partial charge is 0.191 e. The fourth-order valence-electron chi connectivity index (χ4n) is 2.68. The topological polar surface area (TPSA) is 70.6 Å². The molecule has 0 radical (unpaired) electrons. The van der Waals surface area contributed by atoms with E-state index in [4.69, 9.17) is 0 Å². The molecule has 2 rings (SSSR count). The minimum absolute atomic E-state index is 0. The molecule has 0 heterocycles. The molecule has 0 atom stereocenters. The summed E-state index contributed by atoms with van der Waals surface area (Å²) in [5, 5.41) is 6.55. The molecule has 0 amide bonds. The Morgan fingerprint density at radius 2 is 1.70 bits per heavy atom.